The molecule has 8 nitrogen and oxygen atoms in total. The lowest BCUT2D eigenvalue weighted by Gasteiger charge is -2.08. The minimum atomic E-state index is -0.633. The number of aromatic hydroxyl groups is 1. The van der Waals surface area contributed by atoms with Crippen molar-refractivity contribution in [3.8, 4) is 11.5 Å². The molecule has 2 rings (SSSR count). The fourth-order valence-electron chi connectivity index (χ4n) is 1.59. The third-order valence-electron chi connectivity index (χ3n) is 2.70. The Balaban J connectivity index is 2.09. The number of phenols is 1. The number of non-ortho nitro benzene ring substituents is 1. The predicted molar refractivity (Wildman–Crippen MR) is 75.7 cm³/mol. The van der Waals surface area contributed by atoms with Gasteiger partial charge in [0.1, 0.15) is 5.75 Å². The summed E-state index contributed by atoms with van der Waals surface area (Å²) in [4.78, 5) is 21.7. The molecule has 0 saturated heterocycles. The van der Waals surface area contributed by atoms with Crippen LogP contribution in [0.3, 0.4) is 0 Å². The van der Waals surface area contributed by atoms with Gasteiger partial charge in [0.25, 0.3) is 11.6 Å². The van der Waals surface area contributed by atoms with Crippen molar-refractivity contribution in [1.29, 1.82) is 0 Å². The molecule has 0 aromatic heterocycles. The number of nitro groups is 1. The van der Waals surface area contributed by atoms with Gasteiger partial charge in [0.05, 0.1) is 11.1 Å². The molecule has 0 saturated carbocycles. The number of amides is 1. The highest BCUT2D eigenvalue weighted by molar-refractivity contribution is 5.95. The minimum Gasteiger partial charge on any atom is -0.872 e. The van der Waals surface area contributed by atoms with E-state index in [0.717, 1.165) is 24.4 Å². The second kappa shape index (κ2) is 6.35. The van der Waals surface area contributed by atoms with Crippen molar-refractivity contribution in [2.45, 2.75) is 0 Å². The maximum Gasteiger partial charge on any atom is 0.271 e. The van der Waals surface area contributed by atoms with Crippen LogP contribution in [-0.4, -0.2) is 22.2 Å². The van der Waals surface area contributed by atoms with Crippen LogP contribution < -0.4 is 10.5 Å². The molecule has 0 bridgehead atoms. The summed E-state index contributed by atoms with van der Waals surface area (Å²) in [7, 11) is 0. The van der Waals surface area contributed by atoms with Crippen LogP contribution in [0.5, 0.6) is 11.5 Å². The van der Waals surface area contributed by atoms with Gasteiger partial charge in [-0.05, 0) is 29.8 Å². The molecule has 0 aliphatic heterocycles. The Kier molecular flexibility index (Phi) is 4.33. The Labute approximate surface area is 124 Å². The number of rotatable bonds is 4. The second-order valence-electron chi connectivity index (χ2n) is 4.23. The fraction of sp³-hybridized carbons (Fsp3) is 0. The third kappa shape index (κ3) is 3.57. The van der Waals surface area contributed by atoms with E-state index < -0.39 is 16.6 Å². The molecule has 0 heterocycles. The van der Waals surface area contributed by atoms with E-state index in [0.29, 0.717) is 0 Å². The number of hydrogen-bond donors (Lipinski definition) is 2. The minimum absolute atomic E-state index is 0.0137. The van der Waals surface area contributed by atoms with E-state index in [1.807, 2.05) is 0 Å². The van der Waals surface area contributed by atoms with Crippen molar-refractivity contribution in [1.82, 2.24) is 5.43 Å². The van der Waals surface area contributed by atoms with Crippen molar-refractivity contribution >= 4 is 17.8 Å². The van der Waals surface area contributed by atoms with Gasteiger partial charge < -0.3 is 10.2 Å². The first-order chi connectivity index (χ1) is 10.5. The van der Waals surface area contributed by atoms with Crippen LogP contribution in [0.2, 0.25) is 0 Å². The van der Waals surface area contributed by atoms with Gasteiger partial charge in [0.15, 0.2) is 0 Å². The molecule has 2 aromatic rings. The lowest BCUT2D eigenvalue weighted by atomic mass is 10.2. The van der Waals surface area contributed by atoms with Crippen LogP contribution in [0.15, 0.2) is 47.6 Å². The highest BCUT2D eigenvalue weighted by atomic mass is 16.6. The topological polar surface area (TPSA) is 128 Å². The van der Waals surface area contributed by atoms with E-state index in [9.17, 15) is 20.0 Å². The molecule has 0 aliphatic carbocycles. The summed E-state index contributed by atoms with van der Waals surface area (Å²) in [5.74, 6) is -0.977. The number of hydrazone groups is 1. The van der Waals surface area contributed by atoms with Crippen LogP contribution in [0.25, 0.3) is 0 Å². The maximum atomic E-state index is 11.7. The lowest BCUT2D eigenvalue weighted by Crippen LogP contribution is -2.17. The van der Waals surface area contributed by atoms with Gasteiger partial charge in [-0.2, -0.15) is 5.10 Å². The SMILES string of the molecule is O=C(N/N=C/c1cc([N+](=O)[O-])ccc1[O-])c1ccc(O)cc1. The zero-order valence-electron chi connectivity index (χ0n) is 11.1. The molecule has 2 aromatic carbocycles. The number of nitrogens with zero attached hydrogens (tertiary/aromatic N) is 2. The van der Waals surface area contributed by atoms with Gasteiger partial charge >= 0.3 is 0 Å². The number of carbonyl (C=O) groups excluding carboxylic acids is 1. The van der Waals surface area contributed by atoms with Crippen LogP contribution >= 0.6 is 0 Å². The Bertz CT molecular complexity index is 741. The number of phenolic OH excluding ortho intramolecular Hbond substituents is 1. The van der Waals surface area contributed by atoms with Crippen LogP contribution in [0, 0.1) is 10.1 Å². The summed E-state index contributed by atoms with van der Waals surface area (Å²) in [5.41, 5.74) is 2.19. The molecule has 0 fully saturated rings. The monoisotopic (exact) mass is 300 g/mol. The summed E-state index contributed by atoms with van der Waals surface area (Å²) in [6.07, 6.45) is 1.04. The number of nitro benzene ring substituents is 1. The van der Waals surface area contributed by atoms with E-state index in [2.05, 4.69) is 10.5 Å². The largest absolute Gasteiger partial charge is 0.872 e. The maximum absolute atomic E-state index is 11.7. The van der Waals surface area contributed by atoms with E-state index in [1.165, 1.54) is 24.3 Å². The molecular formula is C14H10N3O5-. The number of nitrogens with one attached hydrogen (secondary N) is 1. The smallest absolute Gasteiger partial charge is 0.271 e. The predicted octanol–water partition coefficient (Wildman–Crippen LogP) is 1.14. The first-order valence-corrected chi connectivity index (χ1v) is 6.05. The number of hydrogen-bond acceptors (Lipinski definition) is 6. The molecule has 8 heteroatoms. The Morgan fingerprint density at radius 3 is 2.55 bits per heavy atom. The normalized spacial score (nSPS) is 10.5. The molecule has 22 heavy (non-hydrogen) atoms. The van der Waals surface area contributed by atoms with Gasteiger partial charge in [0.2, 0.25) is 0 Å². The second-order valence-corrected chi connectivity index (χ2v) is 4.23. The Morgan fingerprint density at radius 1 is 1.23 bits per heavy atom. The highest BCUT2D eigenvalue weighted by Crippen LogP contribution is 2.19. The van der Waals surface area contributed by atoms with Gasteiger partial charge in [-0.15, -0.1) is 0 Å². The van der Waals surface area contributed by atoms with Gasteiger partial charge in [-0.25, -0.2) is 5.43 Å². The van der Waals surface area contributed by atoms with Gasteiger partial charge in [0, 0.05) is 17.7 Å². The molecule has 112 valence electrons. The zero-order valence-corrected chi connectivity index (χ0v) is 11.1. The number of benzene rings is 2. The summed E-state index contributed by atoms with van der Waals surface area (Å²) >= 11 is 0. The lowest BCUT2D eigenvalue weighted by molar-refractivity contribution is -0.385. The van der Waals surface area contributed by atoms with Crippen molar-refractivity contribution < 1.29 is 19.9 Å². The first kappa shape index (κ1) is 15.0. The molecule has 2 N–H and O–H groups in total. The fourth-order valence-corrected chi connectivity index (χ4v) is 1.59. The van der Waals surface area contributed by atoms with Crippen LogP contribution in [0.1, 0.15) is 15.9 Å². The van der Waals surface area contributed by atoms with Crippen molar-refractivity contribution in [3.05, 3.63) is 63.7 Å². The van der Waals surface area contributed by atoms with E-state index in [-0.39, 0.29) is 22.6 Å². The molecule has 1 amide bonds. The highest BCUT2D eigenvalue weighted by Gasteiger charge is 2.06. The van der Waals surface area contributed by atoms with E-state index >= 15 is 0 Å². The third-order valence-corrected chi connectivity index (χ3v) is 2.70. The average molecular weight is 300 g/mol. The first-order valence-electron chi connectivity index (χ1n) is 6.05. The van der Waals surface area contributed by atoms with Gasteiger partial charge in [-0.1, -0.05) is 11.8 Å². The summed E-state index contributed by atoms with van der Waals surface area (Å²) in [5, 5.41) is 34.9. The molecule has 0 atom stereocenters. The van der Waals surface area contributed by atoms with Crippen LogP contribution in [0.4, 0.5) is 5.69 Å². The summed E-state index contributed by atoms with van der Waals surface area (Å²) in [6.45, 7) is 0. The van der Waals surface area contributed by atoms with E-state index in [4.69, 9.17) is 5.11 Å². The molecular weight excluding hydrogens is 290 g/mol. The van der Waals surface area contributed by atoms with E-state index in [1.54, 1.807) is 0 Å². The average Bonchev–Trinajstić information content (AvgIpc) is 2.49. The summed E-state index contributed by atoms with van der Waals surface area (Å²) < 4.78 is 0. The van der Waals surface area contributed by atoms with Gasteiger partial charge in [-0.3, -0.25) is 14.9 Å². The standard InChI is InChI=1S/C14H11N3O5/c18-12-4-1-9(2-5-12)14(20)16-15-8-10-7-11(17(21)22)3-6-13(10)19/h1-8,18-19H,(H,16,20)/p-1/b15-8+. The van der Waals surface area contributed by atoms with Crippen molar-refractivity contribution in [2.75, 3.05) is 0 Å². The molecule has 0 spiro atoms. The Hall–Kier alpha value is -3.42. The number of carbonyl (C=O) groups is 1. The molecule has 0 unspecified atom stereocenters. The zero-order chi connectivity index (χ0) is 16.1. The van der Waals surface area contributed by atoms with Crippen LogP contribution in [-0.2, 0) is 0 Å². The quantitative estimate of drug-likeness (QED) is 0.497. The van der Waals surface area contributed by atoms with Crippen molar-refractivity contribution in [3.63, 3.8) is 0 Å². The molecule has 0 radical (unpaired) electrons. The van der Waals surface area contributed by atoms with Crippen molar-refractivity contribution in [2.24, 2.45) is 5.10 Å². The Morgan fingerprint density at radius 2 is 1.91 bits per heavy atom. The molecule has 0 aliphatic rings. The summed E-state index contributed by atoms with van der Waals surface area (Å²) in [6, 6.07) is 8.69.